The average molecular weight is 480 g/mol. The molecule has 1 saturated heterocycles. The average Bonchev–Trinajstić information content (AvgIpc) is 3.45. The molecular weight excluding hydrogens is 448 g/mol. The van der Waals surface area contributed by atoms with Crippen molar-refractivity contribution in [1.82, 2.24) is 14.6 Å². The molecule has 0 atom stereocenters. The molecule has 0 unspecified atom stereocenters. The summed E-state index contributed by atoms with van der Waals surface area (Å²) >= 11 is 3.55. The van der Waals surface area contributed by atoms with Crippen molar-refractivity contribution in [2.75, 3.05) is 37.0 Å². The summed E-state index contributed by atoms with van der Waals surface area (Å²) in [5, 5.41) is 15.5. The number of aromatic nitrogens is 4. The van der Waals surface area contributed by atoms with Crippen molar-refractivity contribution in [3.8, 4) is 0 Å². The van der Waals surface area contributed by atoms with Gasteiger partial charge in [0, 0.05) is 48.7 Å². The van der Waals surface area contributed by atoms with Crippen LogP contribution in [0.3, 0.4) is 0 Å². The lowest BCUT2D eigenvalue weighted by Crippen LogP contribution is -2.40. The van der Waals surface area contributed by atoms with Gasteiger partial charge in [-0.2, -0.15) is 9.61 Å². The van der Waals surface area contributed by atoms with Crippen LogP contribution >= 0.6 is 15.9 Å². The monoisotopic (exact) mass is 479 g/mol. The van der Waals surface area contributed by atoms with Crippen molar-refractivity contribution in [2.45, 2.75) is 40.2 Å². The zero-order chi connectivity index (χ0) is 21.9. The van der Waals surface area contributed by atoms with Crippen molar-refractivity contribution in [2.24, 2.45) is 0 Å². The highest BCUT2D eigenvalue weighted by molar-refractivity contribution is 9.10. The molecule has 4 heterocycles. The Hall–Kier alpha value is -2.39. The molecular formula is C21H32BrN6O2+. The van der Waals surface area contributed by atoms with Crippen molar-refractivity contribution in [3.63, 3.8) is 0 Å². The van der Waals surface area contributed by atoms with Gasteiger partial charge in [0.15, 0.2) is 5.65 Å². The van der Waals surface area contributed by atoms with E-state index in [0.29, 0.717) is 6.54 Å². The smallest absolute Gasteiger partial charge is 0.227 e. The minimum absolute atomic E-state index is 0.250. The van der Waals surface area contributed by atoms with Crippen molar-refractivity contribution in [3.05, 3.63) is 46.8 Å². The van der Waals surface area contributed by atoms with Gasteiger partial charge in [-0.3, -0.25) is 4.84 Å². The predicted octanol–water partition coefficient (Wildman–Crippen LogP) is 3.07. The van der Waals surface area contributed by atoms with E-state index in [9.17, 15) is 0 Å². The van der Waals surface area contributed by atoms with Crippen LogP contribution in [-0.2, 0) is 6.54 Å². The minimum atomic E-state index is 0.250. The second-order valence-electron chi connectivity index (χ2n) is 6.35. The summed E-state index contributed by atoms with van der Waals surface area (Å²) < 4.78 is 4.41. The molecule has 0 aromatic carbocycles. The van der Waals surface area contributed by atoms with E-state index in [1.165, 1.54) is 12.8 Å². The van der Waals surface area contributed by atoms with Gasteiger partial charge in [0.05, 0.1) is 10.7 Å². The third-order valence-electron chi connectivity index (χ3n) is 4.37. The van der Waals surface area contributed by atoms with Crippen LogP contribution in [0.5, 0.6) is 0 Å². The van der Waals surface area contributed by atoms with E-state index in [1.54, 1.807) is 25.0 Å². The molecule has 30 heavy (non-hydrogen) atoms. The molecule has 9 heteroatoms. The first-order valence-corrected chi connectivity index (χ1v) is 11.1. The fraction of sp³-hybridized carbons (Fsp3) is 0.476. The van der Waals surface area contributed by atoms with Gasteiger partial charge in [0.25, 0.3) is 0 Å². The van der Waals surface area contributed by atoms with Crippen LogP contribution in [0.15, 0.2) is 41.3 Å². The molecule has 2 N–H and O–H groups in total. The van der Waals surface area contributed by atoms with E-state index < -0.39 is 0 Å². The number of nitrogens with one attached hydrogen (secondary N) is 1. The van der Waals surface area contributed by atoms with Gasteiger partial charge in [0.2, 0.25) is 12.4 Å². The number of nitrogens with zero attached hydrogens (tertiary/aromatic N) is 5. The number of aliphatic hydroxyl groups excluding tert-OH is 1. The van der Waals surface area contributed by atoms with Crippen LogP contribution in [0.2, 0.25) is 0 Å². The summed E-state index contributed by atoms with van der Waals surface area (Å²) in [6.45, 7) is 8.71. The Morgan fingerprint density at radius 2 is 2.00 bits per heavy atom. The first-order chi connectivity index (χ1) is 14.7. The van der Waals surface area contributed by atoms with Crippen LogP contribution < -0.4 is 19.8 Å². The summed E-state index contributed by atoms with van der Waals surface area (Å²) in [6, 6.07) is 6.09. The third kappa shape index (κ3) is 6.06. The van der Waals surface area contributed by atoms with E-state index in [2.05, 4.69) is 43.4 Å². The Morgan fingerprint density at radius 1 is 1.30 bits per heavy atom. The van der Waals surface area contributed by atoms with Gasteiger partial charge in [-0.1, -0.05) is 13.8 Å². The van der Waals surface area contributed by atoms with Crippen LogP contribution in [0, 0.1) is 0 Å². The molecule has 0 aliphatic carbocycles. The lowest BCUT2D eigenvalue weighted by atomic mass is 10.3. The molecule has 0 amide bonds. The lowest BCUT2D eigenvalue weighted by molar-refractivity contribution is -0.885. The van der Waals surface area contributed by atoms with Gasteiger partial charge in [-0.25, -0.2) is 4.98 Å². The van der Waals surface area contributed by atoms with Crippen LogP contribution in [0.1, 0.15) is 39.2 Å². The molecule has 1 aliphatic rings. The normalized spacial score (nSPS) is 12.7. The van der Waals surface area contributed by atoms with Gasteiger partial charge < -0.3 is 15.3 Å². The molecule has 1 aliphatic heterocycles. The standard InChI is InChI=1S/C17H20BrN6O.C2H6O.C2H6/c1-25-23-8-4-5-13(12-23)10-19-15-9-16(22-6-2-3-7-22)21-17-14(18)11-20-24(15)17;1-2-3;1-2/h4-5,8-9,11-12,19H,2-3,6-7,10H2,1H3;3H,2H2,1H3;1-2H3/q+1;;. The number of halogens is 1. The number of aliphatic hydroxyl groups is 1. The number of anilines is 2. The number of hydrogen-bond acceptors (Lipinski definition) is 6. The van der Waals surface area contributed by atoms with E-state index in [4.69, 9.17) is 14.9 Å². The molecule has 8 nitrogen and oxygen atoms in total. The zero-order valence-corrected chi connectivity index (χ0v) is 19.8. The second-order valence-corrected chi connectivity index (χ2v) is 7.20. The van der Waals surface area contributed by atoms with Gasteiger partial charge in [-0.15, -0.1) is 0 Å². The molecule has 0 saturated carbocycles. The predicted molar refractivity (Wildman–Crippen MR) is 123 cm³/mol. The molecule has 0 radical (unpaired) electrons. The number of fused-ring (bicyclic) bond motifs is 1. The van der Waals surface area contributed by atoms with E-state index in [1.807, 2.05) is 36.8 Å². The maximum absolute atomic E-state index is 7.57. The molecule has 0 bridgehead atoms. The number of hydrogen-bond donors (Lipinski definition) is 2. The molecule has 1 fully saturated rings. The fourth-order valence-corrected chi connectivity index (χ4v) is 3.42. The first-order valence-electron chi connectivity index (χ1n) is 10.3. The van der Waals surface area contributed by atoms with Gasteiger partial charge in [-0.05, 0) is 41.8 Å². The lowest BCUT2D eigenvalue weighted by Gasteiger charge is -2.18. The largest absolute Gasteiger partial charge is 0.397 e. The topological polar surface area (TPSA) is 78.8 Å². The third-order valence-corrected chi connectivity index (χ3v) is 4.93. The maximum Gasteiger partial charge on any atom is 0.227 e. The first kappa shape index (κ1) is 23.9. The Kier molecular flexibility index (Phi) is 9.82. The Morgan fingerprint density at radius 3 is 2.67 bits per heavy atom. The minimum Gasteiger partial charge on any atom is -0.397 e. The van der Waals surface area contributed by atoms with E-state index in [-0.39, 0.29) is 6.61 Å². The molecule has 4 rings (SSSR count). The SMILES string of the molecule is CC.CCO.CO[n+]1cccc(CNc2cc(N3CCCC3)nc3c(Br)cnn23)c1. The van der Waals surface area contributed by atoms with E-state index in [0.717, 1.165) is 40.4 Å². The molecule has 164 valence electrons. The number of pyridine rings is 1. The molecule has 3 aromatic heterocycles. The van der Waals surface area contributed by atoms with Crippen LogP contribution in [-0.4, -0.2) is 46.5 Å². The molecule has 3 aromatic rings. The van der Waals surface area contributed by atoms with Crippen molar-refractivity contribution >= 4 is 33.2 Å². The van der Waals surface area contributed by atoms with Crippen LogP contribution in [0.25, 0.3) is 5.65 Å². The summed E-state index contributed by atoms with van der Waals surface area (Å²) in [5.41, 5.74) is 1.94. The zero-order valence-electron chi connectivity index (χ0n) is 18.2. The Bertz CT molecular complexity index is 912. The highest BCUT2D eigenvalue weighted by Crippen LogP contribution is 2.26. The maximum atomic E-state index is 7.57. The Labute approximate surface area is 186 Å². The quantitative estimate of drug-likeness (QED) is 0.547. The van der Waals surface area contributed by atoms with Gasteiger partial charge >= 0.3 is 0 Å². The highest BCUT2D eigenvalue weighted by Gasteiger charge is 2.17. The van der Waals surface area contributed by atoms with Crippen molar-refractivity contribution < 1.29 is 14.7 Å². The van der Waals surface area contributed by atoms with Crippen LogP contribution in [0.4, 0.5) is 11.6 Å². The van der Waals surface area contributed by atoms with E-state index >= 15 is 0 Å². The Balaban J connectivity index is 0.000000590. The summed E-state index contributed by atoms with van der Waals surface area (Å²) in [7, 11) is 1.65. The summed E-state index contributed by atoms with van der Waals surface area (Å²) in [5.74, 6) is 1.92. The fourth-order valence-electron chi connectivity index (χ4n) is 3.07. The summed E-state index contributed by atoms with van der Waals surface area (Å²) in [4.78, 5) is 12.3. The highest BCUT2D eigenvalue weighted by atomic mass is 79.9. The molecule has 0 spiro atoms. The summed E-state index contributed by atoms with van der Waals surface area (Å²) in [6.07, 6.45) is 8.03. The van der Waals surface area contributed by atoms with Crippen molar-refractivity contribution in [1.29, 1.82) is 0 Å². The second kappa shape index (κ2) is 12.3. The van der Waals surface area contributed by atoms with Gasteiger partial charge in [0.1, 0.15) is 18.7 Å². The number of rotatable bonds is 5.